The first-order chi connectivity index (χ1) is 7.33. The van der Waals surface area contributed by atoms with Crippen molar-refractivity contribution in [1.29, 1.82) is 0 Å². The molecular weight excluding hydrogens is 273 g/mol. The molecular formula is C9H9Cl2NO3S. The van der Waals surface area contributed by atoms with Gasteiger partial charge in [0.2, 0.25) is 9.84 Å². The third-order valence-corrected chi connectivity index (χ3v) is 5.20. The van der Waals surface area contributed by atoms with E-state index >= 15 is 0 Å². The fourth-order valence-corrected chi connectivity index (χ4v) is 3.89. The molecule has 0 N–H and O–H groups in total. The molecule has 1 aliphatic carbocycles. The Morgan fingerprint density at radius 2 is 2.12 bits per heavy atom. The van der Waals surface area contributed by atoms with Crippen LogP contribution in [0.3, 0.4) is 0 Å². The maximum absolute atomic E-state index is 11.9. The Bertz CT molecular complexity index is 515. The highest BCUT2D eigenvalue weighted by atomic mass is 35.5. The molecule has 1 fully saturated rings. The van der Waals surface area contributed by atoms with Crippen LogP contribution in [0.5, 0.6) is 0 Å². The van der Waals surface area contributed by atoms with Crippen molar-refractivity contribution in [3.63, 3.8) is 0 Å². The van der Waals surface area contributed by atoms with Crippen molar-refractivity contribution < 1.29 is 13.1 Å². The predicted octanol–water partition coefficient (Wildman–Crippen LogP) is 1.29. The summed E-state index contributed by atoms with van der Waals surface area (Å²) < 4.78 is 23.1. The zero-order chi connectivity index (χ0) is 12.0. The zero-order valence-corrected chi connectivity index (χ0v) is 10.5. The van der Waals surface area contributed by atoms with Crippen molar-refractivity contribution in [1.82, 2.24) is 0 Å². The van der Waals surface area contributed by atoms with E-state index in [1.54, 1.807) is 0 Å². The Labute approximate surface area is 103 Å². The highest BCUT2D eigenvalue weighted by Crippen LogP contribution is 2.53. The molecule has 0 spiro atoms. The van der Waals surface area contributed by atoms with Gasteiger partial charge in [0.05, 0.1) is 5.75 Å². The number of aromatic nitrogens is 1. The average molecular weight is 282 g/mol. The maximum Gasteiger partial charge on any atom is 0.308 e. The topological polar surface area (TPSA) is 61.1 Å². The van der Waals surface area contributed by atoms with Gasteiger partial charge in [0.25, 0.3) is 0 Å². The van der Waals surface area contributed by atoms with Crippen LogP contribution in [-0.2, 0) is 9.84 Å². The summed E-state index contributed by atoms with van der Waals surface area (Å²) in [6, 6.07) is 4.24. The van der Waals surface area contributed by atoms with Gasteiger partial charge in [-0.1, -0.05) is 0 Å². The van der Waals surface area contributed by atoms with Gasteiger partial charge < -0.3 is 5.21 Å². The smallest absolute Gasteiger partial charge is 0.308 e. The van der Waals surface area contributed by atoms with Gasteiger partial charge in [-0.25, -0.2) is 8.42 Å². The molecule has 1 aromatic rings. The van der Waals surface area contributed by atoms with Crippen LogP contribution in [0, 0.1) is 11.1 Å². The molecule has 1 saturated carbocycles. The zero-order valence-electron chi connectivity index (χ0n) is 8.14. The summed E-state index contributed by atoms with van der Waals surface area (Å²) in [7, 11) is -3.62. The minimum absolute atomic E-state index is 0.188. The van der Waals surface area contributed by atoms with E-state index in [1.807, 2.05) is 0 Å². The summed E-state index contributed by atoms with van der Waals surface area (Å²) >= 11 is 11.5. The van der Waals surface area contributed by atoms with E-state index in [0.29, 0.717) is 11.2 Å². The Balaban J connectivity index is 2.24. The largest absolute Gasteiger partial charge is 0.618 e. The van der Waals surface area contributed by atoms with Crippen LogP contribution in [-0.4, -0.2) is 18.5 Å². The molecule has 1 unspecified atom stereocenters. The molecule has 1 aromatic heterocycles. The molecule has 0 bridgehead atoms. The predicted molar refractivity (Wildman–Crippen MR) is 60.0 cm³/mol. The van der Waals surface area contributed by atoms with Gasteiger partial charge in [0.15, 0.2) is 6.20 Å². The summed E-state index contributed by atoms with van der Waals surface area (Å²) in [5.41, 5.74) is 0. The van der Waals surface area contributed by atoms with Crippen molar-refractivity contribution >= 4 is 33.0 Å². The molecule has 0 saturated heterocycles. The lowest BCUT2D eigenvalue weighted by Gasteiger charge is -2.04. The Morgan fingerprint density at radius 3 is 2.62 bits per heavy atom. The second kappa shape index (κ2) is 3.75. The fraction of sp³-hybridized carbons (Fsp3) is 0.444. The summed E-state index contributed by atoms with van der Waals surface area (Å²) in [5, 5.41) is 11.0. The SMILES string of the molecule is O=S(=O)(CC1CC1(Cl)Cl)c1cccc[n+]1[O-]. The Kier molecular flexibility index (Phi) is 2.80. The van der Waals surface area contributed by atoms with Crippen LogP contribution < -0.4 is 4.73 Å². The van der Waals surface area contributed by atoms with Gasteiger partial charge in [0.1, 0.15) is 4.33 Å². The minimum Gasteiger partial charge on any atom is -0.618 e. The van der Waals surface area contributed by atoms with Crippen LogP contribution in [0.15, 0.2) is 29.4 Å². The van der Waals surface area contributed by atoms with E-state index in [1.165, 1.54) is 18.2 Å². The first kappa shape index (κ1) is 12.0. The van der Waals surface area contributed by atoms with Crippen molar-refractivity contribution in [3.8, 4) is 0 Å². The van der Waals surface area contributed by atoms with Gasteiger partial charge >= 0.3 is 5.03 Å². The van der Waals surface area contributed by atoms with Gasteiger partial charge in [-0.15, -0.1) is 23.2 Å². The standard InChI is InChI=1S/C9H9Cl2NO3S/c10-9(11)5-7(9)6-16(14,15)8-3-1-2-4-12(8)13/h1-4,7H,5-6H2. The number of alkyl halides is 2. The quantitative estimate of drug-likeness (QED) is 0.477. The molecule has 2 rings (SSSR count). The van der Waals surface area contributed by atoms with Gasteiger partial charge in [-0.05, 0) is 12.5 Å². The number of rotatable bonds is 3. The highest BCUT2D eigenvalue weighted by Gasteiger charge is 2.54. The van der Waals surface area contributed by atoms with Crippen molar-refractivity contribution in [2.45, 2.75) is 15.8 Å². The number of hydrogen-bond donors (Lipinski definition) is 0. The lowest BCUT2D eigenvalue weighted by atomic mass is 10.5. The van der Waals surface area contributed by atoms with E-state index in [-0.39, 0.29) is 16.7 Å². The number of pyridine rings is 1. The molecule has 0 radical (unpaired) electrons. The first-order valence-corrected chi connectivity index (χ1v) is 7.02. The average Bonchev–Trinajstić information content (AvgIpc) is 2.72. The minimum atomic E-state index is -3.62. The molecule has 0 aromatic carbocycles. The molecule has 1 heterocycles. The van der Waals surface area contributed by atoms with E-state index in [0.717, 1.165) is 6.20 Å². The highest BCUT2D eigenvalue weighted by molar-refractivity contribution is 7.91. The van der Waals surface area contributed by atoms with Gasteiger partial charge in [0, 0.05) is 18.1 Å². The summed E-state index contributed by atoms with van der Waals surface area (Å²) in [6.07, 6.45) is 1.59. The molecule has 0 aliphatic heterocycles. The lowest BCUT2D eigenvalue weighted by molar-refractivity contribution is -0.646. The Morgan fingerprint density at radius 1 is 1.50 bits per heavy atom. The maximum atomic E-state index is 11.9. The second-order valence-corrected chi connectivity index (χ2v) is 7.33. The van der Waals surface area contributed by atoms with Crippen molar-refractivity contribution in [2.24, 2.45) is 5.92 Å². The first-order valence-electron chi connectivity index (χ1n) is 4.62. The number of nitrogens with zero attached hydrogens (tertiary/aromatic N) is 1. The van der Waals surface area contributed by atoms with E-state index < -0.39 is 14.2 Å². The number of hydrogen-bond acceptors (Lipinski definition) is 3. The summed E-state index contributed by atoms with van der Waals surface area (Å²) in [4.78, 5) is 0. The van der Waals surface area contributed by atoms with Gasteiger partial charge in [-0.3, -0.25) is 0 Å². The summed E-state index contributed by atoms with van der Waals surface area (Å²) in [5.74, 6) is -0.479. The van der Waals surface area contributed by atoms with Crippen LogP contribution in [0.2, 0.25) is 0 Å². The molecule has 1 atom stereocenters. The number of sulfone groups is 1. The fourth-order valence-electron chi connectivity index (χ4n) is 1.45. The van der Waals surface area contributed by atoms with Crippen LogP contribution in [0.25, 0.3) is 0 Å². The second-order valence-electron chi connectivity index (χ2n) is 3.81. The van der Waals surface area contributed by atoms with Gasteiger partial charge in [-0.2, -0.15) is 4.73 Å². The van der Waals surface area contributed by atoms with Crippen molar-refractivity contribution in [2.75, 3.05) is 5.75 Å². The third kappa shape index (κ3) is 2.26. The molecule has 4 nitrogen and oxygen atoms in total. The Hall–Kier alpha value is -0.520. The number of halogens is 2. The molecule has 7 heteroatoms. The molecule has 16 heavy (non-hydrogen) atoms. The lowest BCUT2D eigenvalue weighted by Crippen LogP contribution is -2.34. The molecule has 88 valence electrons. The molecule has 0 amide bonds. The third-order valence-electron chi connectivity index (χ3n) is 2.48. The summed E-state index contributed by atoms with van der Waals surface area (Å²) in [6.45, 7) is 0. The van der Waals surface area contributed by atoms with Crippen molar-refractivity contribution in [3.05, 3.63) is 29.6 Å². The molecule has 1 aliphatic rings. The van der Waals surface area contributed by atoms with E-state index in [2.05, 4.69) is 0 Å². The normalized spacial score (nSPS) is 23.0. The van der Waals surface area contributed by atoms with Crippen LogP contribution in [0.4, 0.5) is 0 Å². The monoisotopic (exact) mass is 281 g/mol. The van der Waals surface area contributed by atoms with E-state index in [4.69, 9.17) is 23.2 Å². The van der Waals surface area contributed by atoms with Crippen LogP contribution >= 0.6 is 23.2 Å². The van der Waals surface area contributed by atoms with Crippen LogP contribution in [0.1, 0.15) is 6.42 Å². The van der Waals surface area contributed by atoms with E-state index in [9.17, 15) is 13.6 Å².